The Labute approximate surface area is 122 Å². The normalized spacial score (nSPS) is 18.9. The average molecular weight is 284 g/mol. The number of esters is 1. The van der Waals surface area contributed by atoms with Gasteiger partial charge in [0.25, 0.3) is 0 Å². The summed E-state index contributed by atoms with van der Waals surface area (Å²) in [6.07, 6.45) is 2.74. The van der Waals surface area contributed by atoms with Gasteiger partial charge in [0.1, 0.15) is 6.54 Å². The molecule has 5 nitrogen and oxygen atoms in total. The minimum atomic E-state index is -0.316. The average Bonchev–Trinajstić information content (AvgIpc) is 2.39. The van der Waals surface area contributed by atoms with E-state index in [0.29, 0.717) is 31.4 Å². The van der Waals surface area contributed by atoms with E-state index >= 15 is 0 Å². The maximum Gasteiger partial charge on any atom is 0.325 e. The number of rotatable bonds is 7. The van der Waals surface area contributed by atoms with Crippen LogP contribution in [0.15, 0.2) is 0 Å². The van der Waals surface area contributed by atoms with E-state index in [1.807, 2.05) is 13.8 Å². The molecule has 1 aliphatic rings. The van der Waals surface area contributed by atoms with Crippen LogP contribution in [0.5, 0.6) is 0 Å². The summed E-state index contributed by atoms with van der Waals surface area (Å²) >= 11 is 0. The van der Waals surface area contributed by atoms with Crippen molar-refractivity contribution in [2.24, 2.45) is 11.8 Å². The quantitative estimate of drug-likeness (QED) is 0.718. The third-order valence-electron chi connectivity index (χ3n) is 3.43. The van der Waals surface area contributed by atoms with Crippen LogP contribution in [-0.2, 0) is 14.3 Å². The van der Waals surface area contributed by atoms with Gasteiger partial charge in [-0.3, -0.25) is 9.59 Å². The maximum absolute atomic E-state index is 12.4. The summed E-state index contributed by atoms with van der Waals surface area (Å²) in [5.74, 6) is 0.495. The molecule has 1 heterocycles. The van der Waals surface area contributed by atoms with Crippen molar-refractivity contribution in [3.8, 4) is 0 Å². The SMILES string of the molecule is CCOC(=O)CN(CC(C)C)C(=O)CC1CCCNC1. The Bertz CT molecular complexity index is 312. The Hall–Kier alpha value is -1.10. The molecule has 0 aromatic carbocycles. The van der Waals surface area contributed by atoms with E-state index in [4.69, 9.17) is 4.74 Å². The third-order valence-corrected chi connectivity index (χ3v) is 3.43. The van der Waals surface area contributed by atoms with Crippen LogP contribution in [0.3, 0.4) is 0 Å². The van der Waals surface area contributed by atoms with E-state index in [1.54, 1.807) is 11.8 Å². The first-order valence-electron chi connectivity index (χ1n) is 7.67. The highest BCUT2D eigenvalue weighted by Gasteiger charge is 2.23. The minimum absolute atomic E-state index is 0.0699. The fourth-order valence-corrected chi connectivity index (χ4v) is 2.53. The highest BCUT2D eigenvalue weighted by molar-refractivity contribution is 5.82. The molecule has 1 N–H and O–H groups in total. The lowest BCUT2D eigenvalue weighted by Crippen LogP contribution is -2.41. The number of piperidine rings is 1. The zero-order valence-corrected chi connectivity index (χ0v) is 13.0. The summed E-state index contributed by atoms with van der Waals surface area (Å²) in [6, 6.07) is 0. The number of nitrogens with zero attached hydrogens (tertiary/aromatic N) is 1. The largest absolute Gasteiger partial charge is 0.465 e. The molecule has 116 valence electrons. The van der Waals surface area contributed by atoms with Crippen LogP contribution in [0.4, 0.5) is 0 Å². The highest BCUT2D eigenvalue weighted by Crippen LogP contribution is 2.16. The van der Waals surface area contributed by atoms with E-state index in [0.717, 1.165) is 25.9 Å². The molecule has 20 heavy (non-hydrogen) atoms. The number of amides is 1. The fourth-order valence-electron chi connectivity index (χ4n) is 2.53. The number of hydrogen-bond donors (Lipinski definition) is 1. The fraction of sp³-hybridized carbons (Fsp3) is 0.867. The molecule has 0 radical (unpaired) electrons. The highest BCUT2D eigenvalue weighted by atomic mass is 16.5. The number of ether oxygens (including phenoxy) is 1. The standard InChI is InChI=1S/C15H28N2O3/c1-4-20-15(19)11-17(10-12(2)3)14(18)8-13-6-5-7-16-9-13/h12-13,16H,4-11H2,1-3H3. The second-order valence-electron chi connectivity index (χ2n) is 5.89. The van der Waals surface area contributed by atoms with Crippen molar-refractivity contribution < 1.29 is 14.3 Å². The van der Waals surface area contributed by atoms with Crippen LogP contribution in [0.1, 0.15) is 40.0 Å². The molecular formula is C15H28N2O3. The van der Waals surface area contributed by atoms with Crippen molar-refractivity contribution in [1.82, 2.24) is 10.2 Å². The second-order valence-corrected chi connectivity index (χ2v) is 5.89. The zero-order chi connectivity index (χ0) is 15.0. The number of carbonyl (C=O) groups excluding carboxylic acids is 2. The molecule has 0 aliphatic carbocycles. The summed E-state index contributed by atoms with van der Waals surface area (Å²) in [4.78, 5) is 25.6. The van der Waals surface area contributed by atoms with Crippen molar-refractivity contribution in [2.75, 3.05) is 32.8 Å². The van der Waals surface area contributed by atoms with Gasteiger partial charge >= 0.3 is 5.97 Å². The van der Waals surface area contributed by atoms with Gasteiger partial charge in [-0.2, -0.15) is 0 Å². The van der Waals surface area contributed by atoms with Gasteiger partial charge < -0.3 is 15.0 Å². The Balaban J connectivity index is 2.51. The summed E-state index contributed by atoms with van der Waals surface area (Å²) in [5, 5.41) is 3.32. The molecular weight excluding hydrogens is 256 g/mol. The molecule has 0 spiro atoms. The van der Waals surface area contributed by atoms with Crippen LogP contribution < -0.4 is 5.32 Å². The molecule has 1 aliphatic heterocycles. The second kappa shape index (κ2) is 8.95. The van der Waals surface area contributed by atoms with Gasteiger partial charge in [0.2, 0.25) is 5.91 Å². The van der Waals surface area contributed by atoms with Crippen molar-refractivity contribution in [1.29, 1.82) is 0 Å². The zero-order valence-electron chi connectivity index (χ0n) is 13.0. The lowest BCUT2D eigenvalue weighted by molar-refractivity contribution is -0.149. The van der Waals surface area contributed by atoms with Gasteiger partial charge in [0, 0.05) is 13.0 Å². The van der Waals surface area contributed by atoms with Crippen molar-refractivity contribution in [2.45, 2.75) is 40.0 Å². The van der Waals surface area contributed by atoms with Crippen LogP contribution in [-0.4, -0.2) is 49.6 Å². The topological polar surface area (TPSA) is 58.6 Å². The monoisotopic (exact) mass is 284 g/mol. The Morgan fingerprint density at radius 2 is 2.15 bits per heavy atom. The molecule has 0 saturated carbocycles. The van der Waals surface area contributed by atoms with Crippen LogP contribution in [0, 0.1) is 11.8 Å². The predicted octanol–water partition coefficient (Wildman–Crippen LogP) is 1.42. The maximum atomic E-state index is 12.4. The van der Waals surface area contributed by atoms with Gasteiger partial charge in [0.05, 0.1) is 6.61 Å². The van der Waals surface area contributed by atoms with E-state index in [1.165, 1.54) is 0 Å². The van der Waals surface area contributed by atoms with Crippen molar-refractivity contribution >= 4 is 11.9 Å². The van der Waals surface area contributed by atoms with Gasteiger partial charge in [-0.25, -0.2) is 0 Å². The number of hydrogen-bond acceptors (Lipinski definition) is 4. The first-order chi connectivity index (χ1) is 9.52. The lowest BCUT2D eigenvalue weighted by Gasteiger charge is -2.27. The van der Waals surface area contributed by atoms with Crippen molar-refractivity contribution in [3.63, 3.8) is 0 Å². The molecule has 5 heteroatoms. The van der Waals surface area contributed by atoms with Gasteiger partial charge in [-0.15, -0.1) is 0 Å². The molecule has 0 bridgehead atoms. The van der Waals surface area contributed by atoms with Gasteiger partial charge in [0.15, 0.2) is 0 Å². The first kappa shape index (κ1) is 17.0. The summed E-state index contributed by atoms with van der Waals surface area (Å²) in [6.45, 7) is 8.86. The van der Waals surface area contributed by atoms with Crippen LogP contribution >= 0.6 is 0 Å². The van der Waals surface area contributed by atoms with Gasteiger partial charge in [-0.05, 0) is 44.7 Å². The summed E-state index contributed by atoms with van der Waals surface area (Å²) in [5.41, 5.74) is 0. The summed E-state index contributed by atoms with van der Waals surface area (Å²) in [7, 11) is 0. The van der Waals surface area contributed by atoms with E-state index in [-0.39, 0.29) is 18.4 Å². The molecule has 0 aromatic rings. The predicted molar refractivity (Wildman–Crippen MR) is 78.3 cm³/mol. The molecule has 1 rings (SSSR count). The smallest absolute Gasteiger partial charge is 0.325 e. The minimum Gasteiger partial charge on any atom is -0.465 e. The van der Waals surface area contributed by atoms with Crippen LogP contribution in [0.2, 0.25) is 0 Å². The molecule has 0 aromatic heterocycles. The van der Waals surface area contributed by atoms with Crippen LogP contribution in [0.25, 0.3) is 0 Å². The molecule has 1 saturated heterocycles. The molecule has 1 amide bonds. The third kappa shape index (κ3) is 6.37. The van der Waals surface area contributed by atoms with Crippen molar-refractivity contribution in [3.05, 3.63) is 0 Å². The van der Waals surface area contributed by atoms with E-state index in [2.05, 4.69) is 5.32 Å². The summed E-state index contributed by atoms with van der Waals surface area (Å²) < 4.78 is 4.95. The number of carbonyl (C=O) groups is 2. The Morgan fingerprint density at radius 3 is 2.70 bits per heavy atom. The number of nitrogens with one attached hydrogen (secondary N) is 1. The van der Waals surface area contributed by atoms with Gasteiger partial charge in [-0.1, -0.05) is 13.8 Å². The molecule has 1 unspecified atom stereocenters. The molecule has 1 fully saturated rings. The first-order valence-corrected chi connectivity index (χ1v) is 7.67. The van der Waals surface area contributed by atoms with E-state index < -0.39 is 0 Å². The Kier molecular flexibility index (Phi) is 7.59. The van der Waals surface area contributed by atoms with E-state index in [9.17, 15) is 9.59 Å². The Morgan fingerprint density at radius 1 is 1.40 bits per heavy atom. The molecule has 1 atom stereocenters. The lowest BCUT2D eigenvalue weighted by atomic mass is 9.95.